The van der Waals surface area contributed by atoms with Gasteiger partial charge in [-0.3, -0.25) is 14.7 Å². The maximum atomic E-state index is 12.9. The SMILES string of the molecule is Cc1c(OC[C@H](C)O)ccc([C@H](C)N2C[C@H]3C[C@@H]2CN3C(=O)c2ccc(C(F)(F)F)cn2)c1C. The molecule has 0 spiro atoms. The number of ether oxygens (including phenoxy) is 1. The van der Waals surface area contributed by atoms with E-state index in [0.717, 1.165) is 41.6 Å². The van der Waals surface area contributed by atoms with Gasteiger partial charge in [0.15, 0.2) is 0 Å². The molecule has 0 saturated carbocycles. The molecule has 2 aromatic rings. The Balaban J connectivity index is 1.43. The first-order valence-corrected chi connectivity index (χ1v) is 11.5. The average molecular weight is 478 g/mol. The monoisotopic (exact) mass is 477 g/mol. The van der Waals surface area contributed by atoms with Gasteiger partial charge in [0, 0.05) is 37.4 Å². The van der Waals surface area contributed by atoms with E-state index < -0.39 is 17.8 Å². The highest BCUT2D eigenvalue weighted by atomic mass is 19.4. The van der Waals surface area contributed by atoms with Gasteiger partial charge in [-0.25, -0.2) is 0 Å². The van der Waals surface area contributed by atoms with Crippen LogP contribution in [0.3, 0.4) is 0 Å². The van der Waals surface area contributed by atoms with Crippen LogP contribution in [0.15, 0.2) is 30.5 Å². The Labute approximate surface area is 197 Å². The third kappa shape index (κ3) is 4.63. The predicted molar refractivity (Wildman–Crippen MR) is 121 cm³/mol. The number of aliphatic hydroxyl groups is 1. The molecule has 2 aliphatic heterocycles. The van der Waals surface area contributed by atoms with Gasteiger partial charge in [-0.2, -0.15) is 13.2 Å². The zero-order valence-electron chi connectivity index (χ0n) is 19.8. The van der Waals surface area contributed by atoms with Crippen LogP contribution < -0.4 is 4.74 Å². The third-order valence-electron chi connectivity index (χ3n) is 7.06. The highest BCUT2D eigenvalue weighted by Crippen LogP contribution is 2.39. The summed E-state index contributed by atoms with van der Waals surface area (Å²) in [6.45, 7) is 9.39. The minimum absolute atomic E-state index is 0.0131. The van der Waals surface area contributed by atoms with Crippen molar-refractivity contribution in [2.45, 2.75) is 64.5 Å². The number of halogens is 3. The van der Waals surface area contributed by atoms with Crippen LogP contribution in [0.1, 0.15) is 59.1 Å². The van der Waals surface area contributed by atoms with Gasteiger partial charge in [-0.05, 0) is 69.0 Å². The molecule has 4 atom stereocenters. The molecule has 2 saturated heterocycles. The Morgan fingerprint density at radius 3 is 2.44 bits per heavy atom. The number of pyridine rings is 1. The summed E-state index contributed by atoms with van der Waals surface area (Å²) in [4.78, 5) is 20.8. The number of piperazine rings is 1. The van der Waals surface area contributed by atoms with Crippen molar-refractivity contribution in [3.05, 3.63) is 58.4 Å². The lowest BCUT2D eigenvalue weighted by Crippen LogP contribution is -2.49. The minimum atomic E-state index is -4.48. The van der Waals surface area contributed by atoms with E-state index in [9.17, 15) is 23.1 Å². The van der Waals surface area contributed by atoms with Crippen LogP contribution in [-0.4, -0.2) is 63.7 Å². The topological polar surface area (TPSA) is 65.9 Å². The first-order valence-electron chi connectivity index (χ1n) is 11.5. The maximum absolute atomic E-state index is 12.9. The van der Waals surface area contributed by atoms with Crippen molar-refractivity contribution in [2.24, 2.45) is 0 Å². The van der Waals surface area contributed by atoms with Gasteiger partial charge in [0.1, 0.15) is 18.1 Å². The largest absolute Gasteiger partial charge is 0.491 e. The zero-order chi connectivity index (χ0) is 24.8. The van der Waals surface area contributed by atoms with E-state index in [1.54, 1.807) is 11.8 Å². The number of nitrogens with zero attached hydrogens (tertiary/aromatic N) is 3. The van der Waals surface area contributed by atoms with Gasteiger partial charge in [0.2, 0.25) is 0 Å². The van der Waals surface area contributed by atoms with Gasteiger partial charge in [0.05, 0.1) is 11.7 Å². The van der Waals surface area contributed by atoms with E-state index in [0.29, 0.717) is 13.1 Å². The lowest BCUT2D eigenvalue weighted by Gasteiger charge is -2.38. The number of benzene rings is 1. The van der Waals surface area contributed by atoms with Crippen molar-refractivity contribution in [2.75, 3.05) is 19.7 Å². The molecule has 1 N–H and O–H groups in total. The highest BCUT2D eigenvalue weighted by molar-refractivity contribution is 5.93. The molecule has 4 rings (SSSR count). The molecule has 0 unspecified atom stereocenters. The maximum Gasteiger partial charge on any atom is 0.417 e. The zero-order valence-corrected chi connectivity index (χ0v) is 19.8. The van der Waals surface area contributed by atoms with Crippen molar-refractivity contribution in [3.63, 3.8) is 0 Å². The lowest BCUT2D eigenvalue weighted by atomic mass is 9.96. The van der Waals surface area contributed by atoms with Crippen LogP contribution in [-0.2, 0) is 6.18 Å². The second-order valence-electron chi connectivity index (χ2n) is 9.37. The average Bonchev–Trinajstić information content (AvgIpc) is 3.40. The van der Waals surface area contributed by atoms with E-state index in [-0.39, 0.29) is 36.3 Å². The Kier molecular flexibility index (Phi) is 6.61. The molecule has 2 bridgehead atoms. The van der Waals surface area contributed by atoms with E-state index >= 15 is 0 Å². The molecule has 3 heterocycles. The van der Waals surface area contributed by atoms with Gasteiger partial charge in [0.25, 0.3) is 5.91 Å². The summed E-state index contributed by atoms with van der Waals surface area (Å²) in [5.74, 6) is 0.443. The lowest BCUT2D eigenvalue weighted by molar-refractivity contribution is -0.137. The summed E-state index contributed by atoms with van der Waals surface area (Å²) < 4.78 is 44.1. The molecule has 184 valence electrons. The highest BCUT2D eigenvalue weighted by Gasteiger charge is 2.47. The Bertz CT molecular complexity index is 1060. The van der Waals surface area contributed by atoms with E-state index in [4.69, 9.17) is 4.74 Å². The van der Waals surface area contributed by atoms with Gasteiger partial charge in [-0.15, -0.1) is 0 Å². The molecule has 2 aliphatic rings. The Morgan fingerprint density at radius 2 is 1.88 bits per heavy atom. The quantitative estimate of drug-likeness (QED) is 0.678. The summed E-state index contributed by atoms with van der Waals surface area (Å²) in [5.41, 5.74) is 2.55. The summed E-state index contributed by atoms with van der Waals surface area (Å²) in [6.07, 6.45) is -3.46. The number of fused-ring (bicyclic) bond motifs is 2. The normalized spacial score (nSPS) is 22.2. The summed E-state index contributed by atoms with van der Waals surface area (Å²) in [7, 11) is 0. The summed E-state index contributed by atoms with van der Waals surface area (Å²) >= 11 is 0. The van der Waals surface area contributed by atoms with Crippen LogP contribution >= 0.6 is 0 Å². The molecule has 2 fully saturated rings. The molecule has 6 nitrogen and oxygen atoms in total. The van der Waals surface area contributed by atoms with Crippen LogP contribution in [0, 0.1) is 13.8 Å². The Morgan fingerprint density at radius 1 is 1.15 bits per heavy atom. The molecule has 0 radical (unpaired) electrons. The fourth-order valence-corrected chi connectivity index (χ4v) is 5.07. The summed E-state index contributed by atoms with van der Waals surface area (Å²) in [5, 5.41) is 9.49. The number of hydrogen-bond donors (Lipinski definition) is 1. The molecule has 0 aliphatic carbocycles. The fourth-order valence-electron chi connectivity index (χ4n) is 5.07. The van der Waals surface area contributed by atoms with E-state index in [2.05, 4.69) is 29.8 Å². The van der Waals surface area contributed by atoms with Crippen LogP contribution in [0.4, 0.5) is 13.2 Å². The van der Waals surface area contributed by atoms with Crippen LogP contribution in [0.5, 0.6) is 5.75 Å². The van der Waals surface area contributed by atoms with Crippen LogP contribution in [0.2, 0.25) is 0 Å². The first-order chi connectivity index (χ1) is 16.0. The van der Waals surface area contributed by atoms with E-state index in [1.165, 1.54) is 5.56 Å². The van der Waals surface area contributed by atoms with Crippen LogP contribution in [0.25, 0.3) is 0 Å². The molecule has 1 aromatic heterocycles. The predicted octanol–water partition coefficient (Wildman–Crippen LogP) is 4.14. The number of alkyl halides is 3. The fraction of sp³-hybridized carbons (Fsp3) is 0.520. The number of aromatic nitrogens is 1. The number of likely N-dealkylation sites (tertiary alicyclic amines) is 2. The molecule has 34 heavy (non-hydrogen) atoms. The van der Waals surface area contributed by atoms with Crippen molar-refractivity contribution in [3.8, 4) is 5.75 Å². The number of hydrogen-bond acceptors (Lipinski definition) is 5. The first kappa shape index (κ1) is 24.5. The molecule has 1 aromatic carbocycles. The standard InChI is InChI=1S/C25H30F3N3O3/c1-14(32)13-34-23-8-6-21(15(2)16(23)3)17(4)30-11-20-9-19(30)12-31(20)24(33)22-7-5-18(10-29-22)25(26,27)28/h5-8,10,14,17,19-20,32H,9,11-13H2,1-4H3/t14-,17-,19+,20+/m0/s1. The second kappa shape index (κ2) is 9.19. The minimum Gasteiger partial charge on any atom is -0.491 e. The number of carbonyl (C=O) groups is 1. The molecule has 1 amide bonds. The molecular weight excluding hydrogens is 447 g/mol. The van der Waals surface area contributed by atoms with Gasteiger partial charge >= 0.3 is 6.18 Å². The van der Waals surface area contributed by atoms with Gasteiger partial charge in [-0.1, -0.05) is 6.07 Å². The van der Waals surface area contributed by atoms with E-state index in [1.807, 2.05) is 13.0 Å². The number of carbonyl (C=O) groups excluding carboxylic acids is 1. The smallest absolute Gasteiger partial charge is 0.417 e. The number of amides is 1. The molecule has 9 heteroatoms. The van der Waals surface area contributed by atoms with Crippen molar-refractivity contribution in [1.29, 1.82) is 0 Å². The van der Waals surface area contributed by atoms with Crippen molar-refractivity contribution >= 4 is 5.91 Å². The van der Waals surface area contributed by atoms with Gasteiger partial charge < -0.3 is 14.7 Å². The molecular formula is C25H30F3N3O3. The number of aliphatic hydroxyl groups excluding tert-OH is 1. The Hall–Kier alpha value is -2.65. The third-order valence-corrected chi connectivity index (χ3v) is 7.06. The van der Waals surface area contributed by atoms with Crippen molar-refractivity contribution in [1.82, 2.24) is 14.8 Å². The number of rotatable bonds is 6. The second-order valence-corrected chi connectivity index (χ2v) is 9.37. The van der Waals surface area contributed by atoms with Crippen molar-refractivity contribution < 1.29 is 27.8 Å². The summed E-state index contributed by atoms with van der Waals surface area (Å²) in [6, 6.07) is 6.40.